The molecule has 2 atom stereocenters. The van der Waals surface area contributed by atoms with Gasteiger partial charge in [-0.25, -0.2) is 9.97 Å². The highest BCUT2D eigenvalue weighted by atomic mass is 35.5. The molecule has 0 amide bonds. The van der Waals surface area contributed by atoms with E-state index < -0.39 is 0 Å². The van der Waals surface area contributed by atoms with Crippen molar-refractivity contribution < 1.29 is 4.74 Å². The number of ether oxygens (including phenoxy) is 1. The molecule has 1 saturated heterocycles. The number of anilines is 1. The molecule has 8 heteroatoms. The lowest BCUT2D eigenvalue weighted by molar-refractivity contribution is -0.00521. The molecule has 2 aromatic heterocycles. The Labute approximate surface area is 207 Å². The molecule has 6 rings (SSSR count). The Balaban J connectivity index is 1.39. The molecule has 1 N–H and O–H groups in total. The van der Waals surface area contributed by atoms with Gasteiger partial charge in [-0.05, 0) is 62.4 Å². The third-order valence-corrected chi connectivity index (χ3v) is 6.73. The van der Waals surface area contributed by atoms with Crippen LogP contribution in [0.4, 0.5) is 5.69 Å². The van der Waals surface area contributed by atoms with Crippen LogP contribution in [0.3, 0.4) is 0 Å². The zero-order valence-electron chi connectivity index (χ0n) is 19.4. The topological polar surface area (TPSA) is 76.0 Å². The molecule has 0 unspecified atom stereocenters. The molecule has 1 aliphatic rings. The summed E-state index contributed by atoms with van der Waals surface area (Å²) in [7, 11) is 0. The van der Waals surface area contributed by atoms with Crippen molar-refractivity contribution in [3.63, 3.8) is 0 Å². The molecule has 0 radical (unpaired) electrons. The number of morpholine rings is 1. The highest BCUT2D eigenvalue weighted by Crippen LogP contribution is 2.30. The number of nitrogens with zero attached hydrogens (tertiary/aromatic N) is 4. The number of fused-ring (bicyclic) bond motifs is 2. The summed E-state index contributed by atoms with van der Waals surface area (Å²) in [5.74, 6) is 0.651. The van der Waals surface area contributed by atoms with Crippen LogP contribution in [0.15, 0.2) is 71.8 Å². The van der Waals surface area contributed by atoms with Gasteiger partial charge in [-0.1, -0.05) is 23.7 Å². The number of hydrogen-bond donors (Lipinski definition) is 1. The Morgan fingerprint density at radius 1 is 0.971 bits per heavy atom. The summed E-state index contributed by atoms with van der Waals surface area (Å²) in [5.41, 5.74) is 4.75. The average molecular weight is 486 g/mol. The van der Waals surface area contributed by atoms with E-state index in [4.69, 9.17) is 16.3 Å². The quantitative estimate of drug-likeness (QED) is 0.380. The van der Waals surface area contributed by atoms with Crippen LogP contribution < -0.4 is 10.5 Å². The second-order valence-electron chi connectivity index (χ2n) is 9.05. The van der Waals surface area contributed by atoms with Gasteiger partial charge in [-0.15, -0.1) is 0 Å². The van der Waals surface area contributed by atoms with E-state index in [9.17, 15) is 4.79 Å². The largest absolute Gasteiger partial charge is 0.372 e. The van der Waals surface area contributed by atoms with Gasteiger partial charge in [-0.3, -0.25) is 9.36 Å². The Hall–Kier alpha value is -3.68. The zero-order chi connectivity index (χ0) is 24.1. The maximum atomic E-state index is 13.4. The fraction of sp³-hybridized carbons (Fsp3) is 0.222. The van der Waals surface area contributed by atoms with E-state index in [2.05, 4.69) is 33.7 Å². The molecule has 3 aromatic carbocycles. The number of para-hydroxylation sites is 2. The number of aromatic nitrogens is 4. The van der Waals surface area contributed by atoms with E-state index in [-0.39, 0.29) is 17.8 Å². The summed E-state index contributed by atoms with van der Waals surface area (Å²) in [6, 6.07) is 19.1. The van der Waals surface area contributed by atoms with Crippen molar-refractivity contribution in [3.05, 3.63) is 82.4 Å². The molecule has 0 spiro atoms. The first-order chi connectivity index (χ1) is 17.0. The van der Waals surface area contributed by atoms with Crippen molar-refractivity contribution in [2.75, 3.05) is 18.0 Å². The number of H-pyrrole nitrogens is 1. The van der Waals surface area contributed by atoms with Gasteiger partial charge in [0.15, 0.2) is 0 Å². The molecule has 1 fully saturated rings. The van der Waals surface area contributed by atoms with Gasteiger partial charge in [0.1, 0.15) is 12.2 Å². The van der Waals surface area contributed by atoms with Crippen LogP contribution in [0.1, 0.15) is 13.8 Å². The van der Waals surface area contributed by atoms with Crippen molar-refractivity contribution >= 4 is 39.2 Å². The van der Waals surface area contributed by atoms with Gasteiger partial charge in [0, 0.05) is 24.3 Å². The number of halogens is 1. The van der Waals surface area contributed by atoms with Crippen molar-refractivity contribution in [1.82, 2.24) is 19.5 Å². The molecular weight excluding hydrogens is 462 g/mol. The number of hydrogen-bond acceptors (Lipinski definition) is 5. The average Bonchev–Trinajstić information content (AvgIpc) is 3.28. The molecule has 1 aliphatic heterocycles. The molecule has 35 heavy (non-hydrogen) atoms. The minimum atomic E-state index is -0.136. The summed E-state index contributed by atoms with van der Waals surface area (Å²) in [5, 5.41) is 1.11. The highest BCUT2D eigenvalue weighted by Gasteiger charge is 2.23. The van der Waals surface area contributed by atoms with Gasteiger partial charge in [-0.2, -0.15) is 0 Å². The highest BCUT2D eigenvalue weighted by molar-refractivity contribution is 6.33. The standard InChI is InChI=1S/C27H24ClN5O2/c1-16-13-32(14-17(2)35-16)18-7-9-20-25(12-18)29-15-33(27(20)34)19-8-10-22(28)21(11-19)26-30-23-5-3-4-6-24(23)31-26/h3-12,15-17H,13-14H2,1-2H3,(H,30,31)/t16-,17+. The Morgan fingerprint density at radius 2 is 1.74 bits per heavy atom. The van der Waals surface area contributed by atoms with Crippen molar-refractivity contribution in [3.8, 4) is 17.1 Å². The second kappa shape index (κ2) is 8.52. The number of nitrogens with one attached hydrogen (secondary N) is 1. The van der Waals surface area contributed by atoms with Gasteiger partial charge in [0.2, 0.25) is 0 Å². The van der Waals surface area contributed by atoms with Gasteiger partial charge in [0.25, 0.3) is 5.56 Å². The smallest absolute Gasteiger partial charge is 0.265 e. The van der Waals surface area contributed by atoms with Crippen LogP contribution in [-0.2, 0) is 4.74 Å². The fourth-order valence-electron chi connectivity index (χ4n) is 4.80. The zero-order valence-corrected chi connectivity index (χ0v) is 20.2. The Bertz CT molecular complexity index is 1580. The van der Waals surface area contributed by atoms with E-state index in [1.54, 1.807) is 17.0 Å². The summed E-state index contributed by atoms with van der Waals surface area (Å²) in [6.07, 6.45) is 1.88. The summed E-state index contributed by atoms with van der Waals surface area (Å²) < 4.78 is 7.39. The third kappa shape index (κ3) is 3.96. The maximum absolute atomic E-state index is 13.4. The van der Waals surface area contributed by atoms with E-state index in [1.165, 1.54) is 0 Å². The fourth-order valence-corrected chi connectivity index (χ4v) is 5.01. The van der Waals surface area contributed by atoms with Crippen molar-refractivity contribution in [2.24, 2.45) is 0 Å². The lowest BCUT2D eigenvalue weighted by Gasteiger charge is -2.36. The first kappa shape index (κ1) is 21.8. The molecule has 7 nitrogen and oxygen atoms in total. The van der Waals surface area contributed by atoms with Crippen LogP contribution in [0, 0.1) is 0 Å². The summed E-state index contributed by atoms with van der Waals surface area (Å²) >= 11 is 6.52. The lowest BCUT2D eigenvalue weighted by atomic mass is 10.1. The first-order valence-corrected chi connectivity index (χ1v) is 12.0. The molecule has 176 valence electrons. The third-order valence-electron chi connectivity index (χ3n) is 6.40. The normalized spacial score (nSPS) is 18.4. The number of aromatic amines is 1. The Morgan fingerprint density at radius 3 is 2.54 bits per heavy atom. The summed E-state index contributed by atoms with van der Waals surface area (Å²) in [4.78, 5) is 28.3. The second-order valence-corrected chi connectivity index (χ2v) is 9.46. The van der Waals surface area contributed by atoms with Gasteiger partial charge in [0.05, 0.1) is 44.9 Å². The van der Waals surface area contributed by atoms with Crippen LogP contribution in [0.2, 0.25) is 5.02 Å². The SMILES string of the molecule is C[C@@H]1CN(c2ccc3c(=O)n(-c4ccc(Cl)c(-c5nc6ccccc6[nH]5)c4)cnc3c2)C[C@H](C)O1. The van der Waals surface area contributed by atoms with Crippen molar-refractivity contribution in [1.29, 1.82) is 0 Å². The van der Waals surface area contributed by atoms with E-state index in [0.29, 0.717) is 27.4 Å². The first-order valence-electron chi connectivity index (χ1n) is 11.6. The number of benzene rings is 3. The van der Waals surface area contributed by atoms with Gasteiger partial charge >= 0.3 is 0 Å². The minimum absolute atomic E-state index is 0.136. The van der Waals surface area contributed by atoms with Gasteiger partial charge < -0.3 is 14.6 Å². The van der Waals surface area contributed by atoms with Crippen LogP contribution in [-0.4, -0.2) is 44.8 Å². The molecule has 0 aliphatic carbocycles. The van der Waals surface area contributed by atoms with E-state index >= 15 is 0 Å². The molecular formula is C27H24ClN5O2. The predicted molar refractivity (Wildman–Crippen MR) is 140 cm³/mol. The van der Waals surface area contributed by atoms with Crippen LogP contribution >= 0.6 is 11.6 Å². The maximum Gasteiger partial charge on any atom is 0.265 e. The predicted octanol–water partition coefficient (Wildman–Crippen LogP) is 5.20. The monoisotopic (exact) mass is 485 g/mol. The van der Waals surface area contributed by atoms with E-state index in [1.807, 2.05) is 54.6 Å². The van der Waals surface area contributed by atoms with E-state index in [0.717, 1.165) is 35.4 Å². The lowest BCUT2D eigenvalue weighted by Crippen LogP contribution is -2.45. The van der Waals surface area contributed by atoms with Crippen LogP contribution in [0.25, 0.3) is 39.0 Å². The Kier molecular flexibility index (Phi) is 5.31. The van der Waals surface area contributed by atoms with Crippen molar-refractivity contribution in [2.45, 2.75) is 26.1 Å². The minimum Gasteiger partial charge on any atom is -0.372 e. The molecule has 3 heterocycles. The van der Waals surface area contributed by atoms with Crippen LogP contribution in [0.5, 0.6) is 0 Å². The molecule has 0 bridgehead atoms. The summed E-state index contributed by atoms with van der Waals surface area (Å²) in [6.45, 7) is 5.77. The molecule has 5 aromatic rings. The number of imidazole rings is 1. The molecule has 0 saturated carbocycles. The number of rotatable bonds is 3.